The Morgan fingerprint density at radius 2 is 1.86 bits per heavy atom. The summed E-state index contributed by atoms with van der Waals surface area (Å²) in [6.45, 7) is 2.44. The zero-order chi connectivity index (χ0) is 24.8. The number of ether oxygens (including phenoxy) is 1. The molecular weight excluding hydrogens is 451 g/mol. The van der Waals surface area contributed by atoms with Gasteiger partial charge in [-0.15, -0.1) is 0 Å². The molecular formula is C26H23FN4O4. The van der Waals surface area contributed by atoms with E-state index in [1.807, 2.05) is 12.1 Å². The average Bonchev–Trinajstić information content (AvgIpc) is 3.26. The Morgan fingerprint density at radius 1 is 1.14 bits per heavy atom. The molecule has 1 aliphatic heterocycles. The normalized spacial score (nSPS) is 17.4. The molecule has 4 rings (SSSR count). The summed E-state index contributed by atoms with van der Waals surface area (Å²) in [6.07, 6.45) is 4.84. The van der Waals surface area contributed by atoms with Crippen molar-refractivity contribution in [2.24, 2.45) is 0 Å². The molecule has 0 spiro atoms. The number of anilines is 1. The van der Waals surface area contributed by atoms with E-state index in [-0.39, 0.29) is 16.9 Å². The molecule has 1 aliphatic carbocycles. The van der Waals surface area contributed by atoms with Gasteiger partial charge in [-0.05, 0) is 66.0 Å². The molecule has 178 valence electrons. The SMILES string of the molecule is N#CC(=CC1=C(N2CCOCC2)C(=Cc2ccc([N+](=O)[O-])cc2)CC1)C(=O)Nc1ccccc1F. The molecule has 0 bridgehead atoms. The Balaban J connectivity index is 1.68. The molecule has 0 aromatic heterocycles. The summed E-state index contributed by atoms with van der Waals surface area (Å²) < 4.78 is 19.5. The van der Waals surface area contributed by atoms with Gasteiger partial charge in [0.05, 0.1) is 23.8 Å². The molecule has 1 amide bonds. The van der Waals surface area contributed by atoms with E-state index in [1.165, 1.54) is 30.3 Å². The highest BCUT2D eigenvalue weighted by atomic mass is 19.1. The molecule has 1 saturated heterocycles. The van der Waals surface area contributed by atoms with Crippen molar-refractivity contribution < 1.29 is 18.8 Å². The maximum atomic E-state index is 14.0. The standard InChI is InChI=1S/C26H23FN4O4/c27-23-3-1-2-4-24(23)29-26(32)21(17-28)16-20-8-7-19(25(20)30-11-13-35-14-12-30)15-18-5-9-22(10-6-18)31(33)34/h1-6,9-10,15-16H,7-8,11-14H2,(H,29,32). The van der Waals surface area contributed by atoms with Crippen LogP contribution < -0.4 is 5.32 Å². The van der Waals surface area contributed by atoms with Crippen LogP contribution in [0.1, 0.15) is 18.4 Å². The van der Waals surface area contributed by atoms with Gasteiger partial charge in [-0.2, -0.15) is 5.26 Å². The van der Waals surface area contributed by atoms with Crippen molar-refractivity contribution in [2.75, 3.05) is 31.6 Å². The van der Waals surface area contributed by atoms with Crippen molar-refractivity contribution in [3.05, 3.63) is 98.5 Å². The van der Waals surface area contributed by atoms with Gasteiger partial charge >= 0.3 is 0 Å². The van der Waals surface area contributed by atoms with E-state index < -0.39 is 16.6 Å². The van der Waals surface area contributed by atoms with E-state index in [2.05, 4.69) is 10.2 Å². The van der Waals surface area contributed by atoms with Gasteiger partial charge in [0.2, 0.25) is 0 Å². The summed E-state index contributed by atoms with van der Waals surface area (Å²) in [5.41, 5.74) is 3.50. The van der Waals surface area contributed by atoms with Crippen molar-refractivity contribution in [3.63, 3.8) is 0 Å². The summed E-state index contributed by atoms with van der Waals surface area (Å²) >= 11 is 0. The maximum absolute atomic E-state index is 14.0. The fraction of sp³-hybridized carbons (Fsp3) is 0.231. The van der Waals surface area contributed by atoms with E-state index in [0.717, 1.165) is 22.4 Å². The lowest BCUT2D eigenvalue weighted by Crippen LogP contribution is -2.36. The third-order valence-corrected chi connectivity index (χ3v) is 5.85. The van der Waals surface area contributed by atoms with Crippen molar-refractivity contribution in [1.29, 1.82) is 5.26 Å². The first-order valence-corrected chi connectivity index (χ1v) is 11.1. The molecule has 0 unspecified atom stereocenters. The van der Waals surface area contributed by atoms with E-state index in [9.17, 15) is 24.6 Å². The summed E-state index contributed by atoms with van der Waals surface area (Å²) in [4.78, 5) is 25.4. The van der Waals surface area contributed by atoms with Crippen LogP contribution in [0.15, 0.2) is 77.0 Å². The van der Waals surface area contributed by atoms with Crippen LogP contribution in [0.5, 0.6) is 0 Å². The predicted molar refractivity (Wildman–Crippen MR) is 128 cm³/mol. The first-order valence-electron chi connectivity index (χ1n) is 11.1. The molecule has 35 heavy (non-hydrogen) atoms. The number of nitro groups is 1. The second kappa shape index (κ2) is 10.8. The summed E-state index contributed by atoms with van der Waals surface area (Å²) in [5.74, 6) is -1.26. The Kier molecular flexibility index (Phi) is 7.33. The number of carbonyl (C=O) groups excluding carboxylic acids is 1. The van der Waals surface area contributed by atoms with Gasteiger partial charge in [-0.3, -0.25) is 14.9 Å². The molecule has 2 aliphatic rings. The second-order valence-corrected chi connectivity index (χ2v) is 8.10. The Hall–Kier alpha value is -4.29. The fourth-order valence-electron chi connectivity index (χ4n) is 4.16. The largest absolute Gasteiger partial charge is 0.378 e. The zero-order valence-corrected chi connectivity index (χ0v) is 18.9. The lowest BCUT2D eigenvalue weighted by Gasteiger charge is -2.31. The second-order valence-electron chi connectivity index (χ2n) is 8.10. The monoisotopic (exact) mass is 474 g/mol. The highest BCUT2D eigenvalue weighted by Gasteiger charge is 2.26. The number of amides is 1. The van der Waals surface area contributed by atoms with Gasteiger partial charge < -0.3 is 15.0 Å². The van der Waals surface area contributed by atoms with Crippen molar-refractivity contribution in [2.45, 2.75) is 12.8 Å². The number of non-ortho nitro benzene ring substituents is 1. The van der Waals surface area contributed by atoms with E-state index in [1.54, 1.807) is 24.3 Å². The lowest BCUT2D eigenvalue weighted by atomic mass is 10.1. The number of nitro benzene ring substituents is 1. The molecule has 9 heteroatoms. The van der Waals surface area contributed by atoms with Gasteiger partial charge in [0.15, 0.2) is 0 Å². The van der Waals surface area contributed by atoms with Crippen LogP contribution in [0.25, 0.3) is 6.08 Å². The number of benzene rings is 2. The lowest BCUT2D eigenvalue weighted by molar-refractivity contribution is -0.384. The third-order valence-electron chi connectivity index (χ3n) is 5.85. The van der Waals surface area contributed by atoms with Crippen LogP contribution in [-0.4, -0.2) is 42.0 Å². The first kappa shape index (κ1) is 23.9. The molecule has 1 N–H and O–H groups in total. The molecule has 2 aromatic carbocycles. The molecule has 0 saturated carbocycles. The van der Waals surface area contributed by atoms with Crippen LogP contribution in [0.4, 0.5) is 15.8 Å². The number of hydrogen-bond donors (Lipinski definition) is 1. The van der Waals surface area contributed by atoms with Crippen LogP contribution in [0.3, 0.4) is 0 Å². The van der Waals surface area contributed by atoms with Crippen LogP contribution in [-0.2, 0) is 9.53 Å². The molecule has 0 atom stereocenters. The fourth-order valence-corrected chi connectivity index (χ4v) is 4.16. The number of morpholine rings is 1. The van der Waals surface area contributed by atoms with Gasteiger partial charge in [-0.25, -0.2) is 4.39 Å². The molecule has 2 aromatic rings. The number of nitriles is 1. The topological polar surface area (TPSA) is 108 Å². The molecule has 1 heterocycles. The zero-order valence-electron chi connectivity index (χ0n) is 18.9. The number of nitrogens with zero attached hydrogens (tertiary/aromatic N) is 3. The van der Waals surface area contributed by atoms with E-state index >= 15 is 0 Å². The minimum absolute atomic E-state index is 0.00575. The van der Waals surface area contributed by atoms with Crippen LogP contribution in [0, 0.1) is 27.3 Å². The Bertz CT molecular complexity index is 1270. The molecule has 0 radical (unpaired) electrons. The number of allylic oxidation sites excluding steroid dienone is 3. The summed E-state index contributed by atoms with van der Waals surface area (Å²) in [7, 11) is 0. The van der Waals surface area contributed by atoms with Gasteiger partial charge in [0.25, 0.3) is 11.6 Å². The van der Waals surface area contributed by atoms with E-state index in [4.69, 9.17) is 4.74 Å². The Labute approximate surface area is 201 Å². The summed E-state index contributed by atoms with van der Waals surface area (Å²) in [6, 6.07) is 14.0. The highest BCUT2D eigenvalue weighted by molar-refractivity contribution is 6.07. The number of hydrogen-bond acceptors (Lipinski definition) is 6. The number of nitrogens with one attached hydrogen (secondary N) is 1. The average molecular weight is 474 g/mol. The third kappa shape index (κ3) is 5.62. The smallest absolute Gasteiger partial charge is 0.269 e. The number of para-hydroxylation sites is 1. The van der Waals surface area contributed by atoms with Gasteiger partial charge in [-0.1, -0.05) is 12.1 Å². The minimum Gasteiger partial charge on any atom is -0.378 e. The number of halogens is 1. The number of rotatable bonds is 6. The highest BCUT2D eigenvalue weighted by Crippen LogP contribution is 2.37. The predicted octanol–water partition coefficient (Wildman–Crippen LogP) is 4.59. The first-order chi connectivity index (χ1) is 17.0. The van der Waals surface area contributed by atoms with Gasteiger partial charge in [0.1, 0.15) is 17.5 Å². The maximum Gasteiger partial charge on any atom is 0.269 e. The van der Waals surface area contributed by atoms with Gasteiger partial charge in [0, 0.05) is 30.9 Å². The van der Waals surface area contributed by atoms with Crippen molar-refractivity contribution in [3.8, 4) is 6.07 Å². The Morgan fingerprint density at radius 3 is 2.51 bits per heavy atom. The quantitative estimate of drug-likeness (QED) is 0.284. The summed E-state index contributed by atoms with van der Waals surface area (Å²) in [5, 5.41) is 23.1. The van der Waals surface area contributed by atoms with Crippen LogP contribution >= 0.6 is 0 Å². The minimum atomic E-state index is -0.681. The van der Waals surface area contributed by atoms with Crippen LogP contribution in [0.2, 0.25) is 0 Å². The van der Waals surface area contributed by atoms with E-state index in [0.29, 0.717) is 39.1 Å². The molecule has 1 fully saturated rings. The number of carbonyl (C=O) groups is 1. The van der Waals surface area contributed by atoms with Crippen molar-refractivity contribution >= 4 is 23.4 Å². The molecule has 8 nitrogen and oxygen atoms in total. The van der Waals surface area contributed by atoms with Crippen molar-refractivity contribution in [1.82, 2.24) is 4.90 Å².